The summed E-state index contributed by atoms with van der Waals surface area (Å²) in [5.41, 5.74) is 3.25. The van der Waals surface area contributed by atoms with Crippen molar-refractivity contribution >= 4 is 0 Å². The largest absolute Gasteiger partial charge is 0.0841 e. The van der Waals surface area contributed by atoms with E-state index < -0.39 is 0 Å². The average molecular weight is 132 g/mol. The van der Waals surface area contributed by atoms with Crippen LogP contribution in [0.4, 0.5) is 0 Å². The van der Waals surface area contributed by atoms with E-state index in [1.165, 1.54) is 25.7 Å². The fraction of sp³-hybridized carbons (Fsp3) is 0.400. The Kier molecular flexibility index (Phi) is 1.46. The van der Waals surface area contributed by atoms with E-state index in [1.54, 1.807) is 11.1 Å². The van der Waals surface area contributed by atoms with Crippen LogP contribution in [0.3, 0.4) is 0 Å². The van der Waals surface area contributed by atoms with Crippen molar-refractivity contribution in [3.63, 3.8) is 0 Å². The van der Waals surface area contributed by atoms with Crippen LogP contribution < -0.4 is 0 Å². The summed E-state index contributed by atoms with van der Waals surface area (Å²) >= 11 is 0. The molecule has 2 rings (SSSR count). The molecule has 0 nitrogen and oxygen atoms in total. The summed E-state index contributed by atoms with van der Waals surface area (Å²) in [6, 6.07) is 0. The molecule has 0 N–H and O–H groups in total. The summed E-state index contributed by atoms with van der Waals surface area (Å²) in [4.78, 5) is 0. The molecule has 0 aliphatic heterocycles. The highest BCUT2D eigenvalue weighted by Crippen LogP contribution is 2.27. The molecule has 0 spiro atoms. The normalized spacial score (nSPS) is 23.2. The fourth-order valence-corrected chi connectivity index (χ4v) is 1.64. The van der Waals surface area contributed by atoms with Crippen LogP contribution in [0, 0.1) is 0 Å². The lowest BCUT2D eigenvalue weighted by Gasteiger charge is -2.16. The molecule has 10 heavy (non-hydrogen) atoms. The number of hydrogen-bond acceptors (Lipinski definition) is 0. The van der Waals surface area contributed by atoms with Crippen LogP contribution in [-0.4, -0.2) is 0 Å². The SMILES string of the molecule is C1=CC2=C(CC=CC2)CC1. The van der Waals surface area contributed by atoms with Gasteiger partial charge in [0.2, 0.25) is 0 Å². The van der Waals surface area contributed by atoms with Crippen molar-refractivity contribution < 1.29 is 0 Å². The van der Waals surface area contributed by atoms with Gasteiger partial charge in [0.15, 0.2) is 0 Å². The predicted octanol–water partition coefficient (Wildman–Crippen LogP) is 2.98. The highest BCUT2D eigenvalue weighted by Gasteiger charge is 2.07. The minimum Gasteiger partial charge on any atom is -0.0841 e. The highest BCUT2D eigenvalue weighted by molar-refractivity contribution is 5.35. The Balaban J connectivity index is 2.25. The van der Waals surface area contributed by atoms with Gasteiger partial charge in [0.1, 0.15) is 0 Å². The second-order valence-corrected chi connectivity index (χ2v) is 2.95. The molecule has 0 heteroatoms. The third-order valence-corrected chi connectivity index (χ3v) is 2.25. The van der Waals surface area contributed by atoms with Gasteiger partial charge in [0, 0.05) is 0 Å². The van der Waals surface area contributed by atoms with Gasteiger partial charge < -0.3 is 0 Å². The third kappa shape index (κ3) is 0.942. The van der Waals surface area contributed by atoms with Crippen LogP contribution in [0.1, 0.15) is 25.7 Å². The van der Waals surface area contributed by atoms with Crippen LogP contribution in [0.25, 0.3) is 0 Å². The van der Waals surface area contributed by atoms with Gasteiger partial charge in [-0.05, 0) is 31.3 Å². The molecular formula is C10H12. The maximum atomic E-state index is 2.29. The van der Waals surface area contributed by atoms with E-state index >= 15 is 0 Å². The van der Waals surface area contributed by atoms with Gasteiger partial charge in [-0.15, -0.1) is 0 Å². The van der Waals surface area contributed by atoms with Crippen molar-refractivity contribution in [3.05, 3.63) is 35.5 Å². The van der Waals surface area contributed by atoms with E-state index in [2.05, 4.69) is 24.3 Å². The molecule has 0 unspecified atom stereocenters. The molecule has 52 valence electrons. The summed E-state index contributed by atoms with van der Waals surface area (Å²) < 4.78 is 0. The third-order valence-electron chi connectivity index (χ3n) is 2.25. The van der Waals surface area contributed by atoms with Gasteiger partial charge in [-0.3, -0.25) is 0 Å². The molecule has 0 aromatic carbocycles. The van der Waals surface area contributed by atoms with Crippen molar-refractivity contribution in [1.82, 2.24) is 0 Å². The van der Waals surface area contributed by atoms with Crippen molar-refractivity contribution in [1.29, 1.82) is 0 Å². The Hall–Kier alpha value is -0.780. The van der Waals surface area contributed by atoms with Crippen molar-refractivity contribution in [2.45, 2.75) is 25.7 Å². The summed E-state index contributed by atoms with van der Waals surface area (Å²) in [5, 5.41) is 0. The van der Waals surface area contributed by atoms with Gasteiger partial charge in [-0.2, -0.15) is 0 Å². The molecule has 0 radical (unpaired) electrons. The number of hydrogen-bond donors (Lipinski definition) is 0. The minimum absolute atomic E-state index is 1.17. The van der Waals surface area contributed by atoms with Crippen LogP contribution in [0.15, 0.2) is 35.5 Å². The van der Waals surface area contributed by atoms with E-state index in [-0.39, 0.29) is 0 Å². The van der Waals surface area contributed by atoms with E-state index in [0.717, 1.165) is 0 Å². The average Bonchev–Trinajstić information content (AvgIpc) is 2.05. The molecule has 0 bridgehead atoms. The van der Waals surface area contributed by atoms with Gasteiger partial charge in [-0.25, -0.2) is 0 Å². The molecule has 0 aromatic rings. The van der Waals surface area contributed by atoms with Crippen molar-refractivity contribution in [2.75, 3.05) is 0 Å². The monoisotopic (exact) mass is 132 g/mol. The lowest BCUT2D eigenvalue weighted by Crippen LogP contribution is -1.96. The Morgan fingerprint density at radius 2 is 1.90 bits per heavy atom. The van der Waals surface area contributed by atoms with Crippen LogP contribution in [0.5, 0.6) is 0 Å². The zero-order valence-electron chi connectivity index (χ0n) is 6.14. The topological polar surface area (TPSA) is 0 Å². The Bertz CT molecular complexity index is 216. The molecular weight excluding hydrogens is 120 g/mol. The predicted molar refractivity (Wildman–Crippen MR) is 43.8 cm³/mol. The Labute approximate surface area is 61.9 Å². The van der Waals surface area contributed by atoms with E-state index in [1.807, 2.05) is 0 Å². The molecule has 0 saturated carbocycles. The van der Waals surface area contributed by atoms with Gasteiger partial charge in [0.05, 0.1) is 0 Å². The molecule has 0 atom stereocenters. The summed E-state index contributed by atoms with van der Waals surface area (Å²) in [5.74, 6) is 0. The second-order valence-electron chi connectivity index (χ2n) is 2.95. The summed E-state index contributed by atoms with van der Waals surface area (Å²) in [6.07, 6.45) is 14.1. The van der Waals surface area contributed by atoms with Gasteiger partial charge >= 0.3 is 0 Å². The lowest BCUT2D eigenvalue weighted by atomic mass is 9.90. The van der Waals surface area contributed by atoms with Crippen LogP contribution >= 0.6 is 0 Å². The molecule has 0 amide bonds. The van der Waals surface area contributed by atoms with Crippen molar-refractivity contribution in [2.24, 2.45) is 0 Å². The first-order chi connectivity index (χ1) is 4.97. The zero-order chi connectivity index (χ0) is 6.81. The summed E-state index contributed by atoms with van der Waals surface area (Å²) in [6.45, 7) is 0. The molecule has 0 heterocycles. The standard InChI is InChI=1S/C10H12/c1-2-6-10-8-4-3-7-9(10)5-1/h1-3,7H,4-6,8H2. The van der Waals surface area contributed by atoms with E-state index in [9.17, 15) is 0 Å². The first-order valence-electron chi connectivity index (χ1n) is 3.99. The fourth-order valence-electron chi connectivity index (χ4n) is 1.64. The van der Waals surface area contributed by atoms with E-state index in [4.69, 9.17) is 0 Å². The molecule has 0 aromatic heterocycles. The van der Waals surface area contributed by atoms with Gasteiger partial charge in [-0.1, -0.05) is 29.9 Å². The van der Waals surface area contributed by atoms with E-state index in [0.29, 0.717) is 0 Å². The Morgan fingerprint density at radius 1 is 1.00 bits per heavy atom. The zero-order valence-corrected chi connectivity index (χ0v) is 6.14. The molecule has 0 fully saturated rings. The van der Waals surface area contributed by atoms with Crippen LogP contribution in [-0.2, 0) is 0 Å². The quantitative estimate of drug-likeness (QED) is 0.444. The highest BCUT2D eigenvalue weighted by atomic mass is 14.1. The molecule has 2 aliphatic carbocycles. The smallest absolute Gasteiger partial charge is 0.00978 e. The van der Waals surface area contributed by atoms with Gasteiger partial charge in [0.25, 0.3) is 0 Å². The van der Waals surface area contributed by atoms with Crippen LogP contribution in [0.2, 0.25) is 0 Å². The van der Waals surface area contributed by atoms with Crippen molar-refractivity contribution in [3.8, 4) is 0 Å². The lowest BCUT2D eigenvalue weighted by molar-refractivity contribution is 0.876. The summed E-state index contributed by atoms with van der Waals surface area (Å²) in [7, 11) is 0. The molecule has 2 aliphatic rings. The first-order valence-corrected chi connectivity index (χ1v) is 3.99. The first kappa shape index (κ1) is 5.96. The number of rotatable bonds is 0. The maximum absolute atomic E-state index is 2.29. The number of allylic oxidation sites excluding steroid dienone is 6. The Morgan fingerprint density at radius 3 is 2.80 bits per heavy atom. The molecule has 0 saturated heterocycles. The minimum atomic E-state index is 1.17. The second kappa shape index (κ2) is 2.45. The maximum Gasteiger partial charge on any atom is -0.00978 e.